The van der Waals surface area contributed by atoms with Gasteiger partial charge in [-0.25, -0.2) is 4.98 Å². The fourth-order valence-corrected chi connectivity index (χ4v) is 4.06. The topological polar surface area (TPSA) is 92.7 Å². The Morgan fingerprint density at radius 3 is 2.73 bits per heavy atom. The number of para-hydroxylation sites is 1. The van der Waals surface area contributed by atoms with Crippen LogP contribution in [0.1, 0.15) is 11.1 Å². The van der Waals surface area contributed by atoms with Gasteiger partial charge in [0, 0.05) is 5.02 Å². The minimum atomic E-state index is -4.62. The van der Waals surface area contributed by atoms with Crippen molar-refractivity contribution in [1.29, 1.82) is 0 Å². The van der Waals surface area contributed by atoms with E-state index in [4.69, 9.17) is 11.6 Å². The number of thioether (sulfide) groups is 1. The third kappa shape index (κ3) is 4.74. The summed E-state index contributed by atoms with van der Waals surface area (Å²) in [5.74, 6) is -0.984. The van der Waals surface area contributed by atoms with E-state index in [-0.39, 0.29) is 27.6 Å². The Hall–Kier alpha value is -3.31. The lowest BCUT2D eigenvalue weighted by Crippen LogP contribution is -2.23. The van der Waals surface area contributed by atoms with Crippen molar-refractivity contribution in [2.75, 3.05) is 11.1 Å². The van der Waals surface area contributed by atoms with Gasteiger partial charge in [-0.2, -0.15) is 18.3 Å². The highest BCUT2D eigenvalue weighted by molar-refractivity contribution is 7.99. The molecule has 7 nitrogen and oxygen atoms in total. The Morgan fingerprint density at radius 2 is 2.00 bits per heavy atom. The number of halogens is 4. The van der Waals surface area contributed by atoms with E-state index in [9.17, 15) is 22.8 Å². The van der Waals surface area contributed by atoms with Crippen LogP contribution in [0.3, 0.4) is 0 Å². The SMILES string of the molecule is Cc1ccc(-n2c(SCC(=O)Nc3ccccc3C(F)(F)F)nc3[nH]ncc3c2=O)cc1Cl. The molecular weight excluding hydrogens is 479 g/mol. The van der Waals surface area contributed by atoms with Gasteiger partial charge >= 0.3 is 6.18 Å². The summed E-state index contributed by atoms with van der Waals surface area (Å²) in [4.78, 5) is 29.9. The van der Waals surface area contributed by atoms with Gasteiger partial charge in [0.05, 0.1) is 28.9 Å². The minimum absolute atomic E-state index is 0.149. The first-order valence-electron chi connectivity index (χ1n) is 9.46. The van der Waals surface area contributed by atoms with Gasteiger partial charge in [0.15, 0.2) is 10.8 Å². The van der Waals surface area contributed by atoms with E-state index in [0.717, 1.165) is 23.4 Å². The average Bonchev–Trinajstić information content (AvgIpc) is 3.23. The van der Waals surface area contributed by atoms with Crippen molar-refractivity contribution in [2.45, 2.75) is 18.3 Å². The molecule has 4 aromatic rings. The normalized spacial score (nSPS) is 11.7. The number of nitrogens with zero attached hydrogens (tertiary/aromatic N) is 3. The van der Waals surface area contributed by atoms with E-state index in [1.807, 2.05) is 6.92 Å². The van der Waals surface area contributed by atoms with Gasteiger partial charge in [0.25, 0.3) is 5.56 Å². The molecule has 0 spiro atoms. The molecule has 1 amide bonds. The predicted molar refractivity (Wildman–Crippen MR) is 120 cm³/mol. The zero-order chi connectivity index (χ0) is 23.8. The fraction of sp³-hybridized carbons (Fsp3) is 0.143. The number of aryl methyl sites for hydroxylation is 1. The van der Waals surface area contributed by atoms with Gasteiger partial charge in [-0.05, 0) is 36.8 Å². The molecule has 0 fully saturated rings. The maximum Gasteiger partial charge on any atom is 0.418 e. The van der Waals surface area contributed by atoms with Crippen LogP contribution in [-0.2, 0) is 11.0 Å². The first kappa shape index (κ1) is 22.9. The number of benzene rings is 2. The molecule has 0 radical (unpaired) electrons. The highest BCUT2D eigenvalue weighted by atomic mass is 35.5. The fourth-order valence-electron chi connectivity index (χ4n) is 3.08. The van der Waals surface area contributed by atoms with Gasteiger partial charge in [-0.3, -0.25) is 19.3 Å². The van der Waals surface area contributed by atoms with Crippen LogP contribution in [-0.4, -0.2) is 31.4 Å². The number of alkyl halides is 3. The van der Waals surface area contributed by atoms with E-state index in [1.165, 1.54) is 29.0 Å². The maximum atomic E-state index is 13.2. The van der Waals surface area contributed by atoms with Crippen molar-refractivity contribution >= 4 is 46.0 Å². The Balaban J connectivity index is 1.65. The Morgan fingerprint density at radius 1 is 1.24 bits per heavy atom. The molecule has 2 heterocycles. The second kappa shape index (κ2) is 8.91. The van der Waals surface area contributed by atoms with Crippen molar-refractivity contribution in [3.63, 3.8) is 0 Å². The van der Waals surface area contributed by atoms with E-state index in [2.05, 4.69) is 20.5 Å². The van der Waals surface area contributed by atoms with Crippen LogP contribution in [0.25, 0.3) is 16.7 Å². The summed E-state index contributed by atoms with van der Waals surface area (Å²) < 4.78 is 40.8. The third-order valence-corrected chi connectivity index (χ3v) is 6.05. The van der Waals surface area contributed by atoms with Crippen LogP contribution in [0.5, 0.6) is 0 Å². The number of rotatable bonds is 5. The molecule has 0 aliphatic rings. The number of aromatic amines is 1. The van der Waals surface area contributed by atoms with Gasteiger partial charge < -0.3 is 5.32 Å². The van der Waals surface area contributed by atoms with E-state index in [0.29, 0.717) is 10.7 Å². The summed E-state index contributed by atoms with van der Waals surface area (Å²) >= 11 is 7.11. The standard InChI is InChI=1S/C21H15ClF3N5O2S/c1-11-6-7-12(8-15(11)22)30-19(32)13-9-26-29-18(13)28-20(30)33-10-17(31)27-16-5-3-2-4-14(16)21(23,24)25/h2-9H,10H2,1H3,(H,26,29)(H,27,31). The molecule has 0 unspecified atom stereocenters. The molecule has 33 heavy (non-hydrogen) atoms. The molecule has 0 aliphatic carbocycles. The number of fused-ring (bicyclic) bond motifs is 1. The zero-order valence-electron chi connectivity index (χ0n) is 16.9. The van der Waals surface area contributed by atoms with E-state index in [1.54, 1.807) is 18.2 Å². The Kier molecular flexibility index (Phi) is 6.17. The number of H-pyrrole nitrogens is 1. The monoisotopic (exact) mass is 493 g/mol. The molecule has 2 aromatic carbocycles. The average molecular weight is 494 g/mol. The largest absolute Gasteiger partial charge is 0.418 e. The Labute approximate surface area is 194 Å². The van der Waals surface area contributed by atoms with E-state index < -0.39 is 23.2 Å². The highest BCUT2D eigenvalue weighted by Crippen LogP contribution is 2.34. The third-order valence-electron chi connectivity index (χ3n) is 4.70. The number of carbonyl (C=O) groups is 1. The summed E-state index contributed by atoms with van der Waals surface area (Å²) in [7, 11) is 0. The number of amides is 1. The molecule has 170 valence electrons. The van der Waals surface area contributed by atoms with E-state index >= 15 is 0 Å². The van der Waals surface area contributed by atoms with Crippen LogP contribution in [0, 0.1) is 6.92 Å². The number of anilines is 1. The molecule has 0 saturated carbocycles. The van der Waals surface area contributed by atoms with Crippen molar-refractivity contribution in [1.82, 2.24) is 19.7 Å². The number of aromatic nitrogens is 4. The van der Waals surface area contributed by atoms with Gasteiger partial charge in [-0.15, -0.1) is 0 Å². The summed E-state index contributed by atoms with van der Waals surface area (Å²) in [5, 5.41) is 9.54. The first-order chi connectivity index (χ1) is 15.6. The smallest absolute Gasteiger partial charge is 0.325 e. The molecule has 2 N–H and O–H groups in total. The lowest BCUT2D eigenvalue weighted by molar-refractivity contribution is -0.137. The van der Waals surface area contributed by atoms with Crippen LogP contribution in [0.15, 0.2) is 58.6 Å². The predicted octanol–water partition coefficient (Wildman–Crippen LogP) is 4.82. The van der Waals surface area contributed by atoms with Crippen LogP contribution in [0.2, 0.25) is 5.02 Å². The van der Waals surface area contributed by atoms with Crippen molar-refractivity contribution < 1.29 is 18.0 Å². The summed E-state index contributed by atoms with van der Waals surface area (Å²) in [5.41, 5.74) is -0.278. The molecule has 0 atom stereocenters. The molecule has 2 aromatic heterocycles. The van der Waals surface area contributed by atoms with Crippen molar-refractivity contribution in [2.24, 2.45) is 0 Å². The van der Waals surface area contributed by atoms with Gasteiger partial charge in [0.2, 0.25) is 5.91 Å². The molecule has 12 heteroatoms. The Bertz CT molecular complexity index is 1420. The molecule has 0 aliphatic heterocycles. The zero-order valence-corrected chi connectivity index (χ0v) is 18.5. The van der Waals surface area contributed by atoms with Crippen LogP contribution < -0.4 is 10.9 Å². The number of nitrogens with one attached hydrogen (secondary N) is 2. The van der Waals surface area contributed by atoms with Crippen molar-refractivity contribution in [3.8, 4) is 5.69 Å². The number of carbonyl (C=O) groups excluding carboxylic acids is 1. The highest BCUT2D eigenvalue weighted by Gasteiger charge is 2.33. The number of hydrogen-bond acceptors (Lipinski definition) is 5. The van der Waals surface area contributed by atoms with Gasteiger partial charge in [0.1, 0.15) is 5.39 Å². The molecule has 0 saturated heterocycles. The minimum Gasteiger partial charge on any atom is -0.325 e. The summed E-state index contributed by atoms with van der Waals surface area (Å²) in [6.45, 7) is 1.81. The lowest BCUT2D eigenvalue weighted by atomic mass is 10.1. The lowest BCUT2D eigenvalue weighted by Gasteiger charge is -2.14. The molecule has 0 bridgehead atoms. The molecule has 4 rings (SSSR count). The quantitative estimate of drug-likeness (QED) is 0.307. The second-order valence-electron chi connectivity index (χ2n) is 6.98. The van der Waals surface area contributed by atoms with Crippen molar-refractivity contribution in [3.05, 3.63) is 75.2 Å². The summed E-state index contributed by atoms with van der Waals surface area (Å²) in [6, 6.07) is 9.70. The van der Waals surface area contributed by atoms with Crippen LogP contribution in [0.4, 0.5) is 18.9 Å². The van der Waals surface area contributed by atoms with Crippen LogP contribution >= 0.6 is 23.4 Å². The van der Waals surface area contributed by atoms with Gasteiger partial charge in [-0.1, -0.05) is 41.6 Å². The maximum absolute atomic E-state index is 13.2. The summed E-state index contributed by atoms with van der Waals surface area (Å²) in [6.07, 6.45) is -3.28. The number of hydrogen-bond donors (Lipinski definition) is 2. The first-order valence-corrected chi connectivity index (χ1v) is 10.8. The molecular formula is C21H15ClF3N5O2S. The second-order valence-corrected chi connectivity index (χ2v) is 8.33.